The molecule has 0 bridgehead atoms. The maximum absolute atomic E-state index is 5.64. The number of benzene rings is 1. The molecule has 1 aromatic carbocycles. The predicted molar refractivity (Wildman–Crippen MR) is 70.1 cm³/mol. The van der Waals surface area contributed by atoms with Gasteiger partial charge in [0.05, 0.1) is 33.0 Å². The van der Waals surface area contributed by atoms with E-state index in [0.29, 0.717) is 13.2 Å². The molecule has 0 saturated carbocycles. The van der Waals surface area contributed by atoms with E-state index in [9.17, 15) is 0 Å². The third-order valence-electron chi connectivity index (χ3n) is 2.98. The zero-order valence-electron chi connectivity index (χ0n) is 10.9. The van der Waals surface area contributed by atoms with Crippen molar-refractivity contribution in [2.75, 3.05) is 40.0 Å². The van der Waals surface area contributed by atoms with Crippen molar-refractivity contribution in [3.8, 4) is 5.75 Å². The second-order valence-electron chi connectivity index (χ2n) is 4.37. The third-order valence-corrected chi connectivity index (χ3v) is 2.98. The highest BCUT2D eigenvalue weighted by molar-refractivity contribution is 5.28. The minimum Gasteiger partial charge on any atom is -0.497 e. The van der Waals surface area contributed by atoms with Gasteiger partial charge in [0.1, 0.15) is 5.75 Å². The molecule has 0 radical (unpaired) electrons. The Morgan fingerprint density at radius 3 is 3.17 bits per heavy atom. The van der Waals surface area contributed by atoms with Gasteiger partial charge >= 0.3 is 0 Å². The molecular formula is C14H21NO3. The summed E-state index contributed by atoms with van der Waals surface area (Å²) in [7, 11) is 1.68. The maximum atomic E-state index is 5.64. The van der Waals surface area contributed by atoms with Crippen LogP contribution in [0.15, 0.2) is 24.3 Å². The summed E-state index contributed by atoms with van der Waals surface area (Å²) >= 11 is 0. The van der Waals surface area contributed by atoms with E-state index in [1.54, 1.807) is 7.11 Å². The van der Waals surface area contributed by atoms with Crippen molar-refractivity contribution in [1.29, 1.82) is 0 Å². The molecule has 1 saturated heterocycles. The van der Waals surface area contributed by atoms with Crippen LogP contribution in [0.4, 0.5) is 0 Å². The summed E-state index contributed by atoms with van der Waals surface area (Å²) in [4.78, 5) is 0. The Morgan fingerprint density at radius 1 is 1.44 bits per heavy atom. The van der Waals surface area contributed by atoms with Crippen molar-refractivity contribution in [2.24, 2.45) is 0 Å². The van der Waals surface area contributed by atoms with Gasteiger partial charge in [-0.15, -0.1) is 0 Å². The highest BCUT2D eigenvalue weighted by Crippen LogP contribution is 2.12. The molecule has 0 spiro atoms. The van der Waals surface area contributed by atoms with Crippen LogP contribution in [0, 0.1) is 0 Å². The van der Waals surface area contributed by atoms with Crippen molar-refractivity contribution in [2.45, 2.75) is 12.5 Å². The standard InChI is InChI=1S/C14H21NO3/c1-16-13-4-2-3-12(9-13)5-7-17-11-14-10-15-6-8-18-14/h2-4,9,14-15H,5-8,10-11H2,1H3. The third kappa shape index (κ3) is 4.29. The Bertz CT molecular complexity index is 351. The van der Waals surface area contributed by atoms with Crippen LogP contribution >= 0.6 is 0 Å². The lowest BCUT2D eigenvalue weighted by atomic mass is 10.1. The largest absolute Gasteiger partial charge is 0.497 e. The molecule has 1 aliphatic heterocycles. The van der Waals surface area contributed by atoms with Gasteiger partial charge in [-0.25, -0.2) is 0 Å². The van der Waals surface area contributed by atoms with Gasteiger partial charge in [0.25, 0.3) is 0 Å². The summed E-state index contributed by atoms with van der Waals surface area (Å²) in [6.07, 6.45) is 1.10. The number of methoxy groups -OCH3 is 1. The van der Waals surface area contributed by atoms with Crippen LogP contribution in [-0.4, -0.2) is 46.1 Å². The van der Waals surface area contributed by atoms with Gasteiger partial charge < -0.3 is 19.5 Å². The molecule has 0 amide bonds. The van der Waals surface area contributed by atoms with E-state index >= 15 is 0 Å². The van der Waals surface area contributed by atoms with Crippen molar-refractivity contribution < 1.29 is 14.2 Å². The summed E-state index contributed by atoms with van der Waals surface area (Å²) in [5.74, 6) is 0.896. The molecule has 0 aliphatic carbocycles. The molecule has 2 rings (SSSR count). The van der Waals surface area contributed by atoms with E-state index in [2.05, 4.69) is 11.4 Å². The SMILES string of the molecule is COc1cccc(CCOCC2CNCCO2)c1. The predicted octanol–water partition coefficient (Wildman–Crippen LogP) is 1.24. The second-order valence-corrected chi connectivity index (χ2v) is 4.37. The molecule has 1 heterocycles. The maximum Gasteiger partial charge on any atom is 0.119 e. The highest BCUT2D eigenvalue weighted by atomic mass is 16.5. The summed E-state index contributed by atoms with van der Waals surface area (Å²) in [5, 5.41) is 3.29. The zero-order chi connectivity index (χ0) is 12.6. The van der Waals surface area contributed by atoms with Crippen molar-refractivity contribution in [3.05, 3.63) is 29.8 Å². The van der Waals surface area contributed by atoms with E-state index < -0.39 is 0 Å². The van der Waals surface area contributed by atoms with Crippen LogP contribution in [0.2, 0.25) is 0 Å². The molecule has 100 valence electrons. The van der Waals surface area contributed by atoms with E-state index in [0.717, 1.165) is 31.9 Å². The molecule has 4 nitrogen and oxygen atoms in total. The lowest BCUT2D eigenvalue weighted by Crippen LogP contribution is -2.41. The lowest BCUT2D eigenvalue weighted by Gasteiger charge is -2.23. The van der Waals surface area contributed by atoms with Gasteiger partial charge in [-0.2, -0.15) is 0 Å². The van der Waals surface area contributed by atoms with E-state index in [4.69, 9.17) is 14.2 Å². The first-order chi connectivity index (χ1) is 8.88. The molecule has 4 heteroatoms. The molecule has 18 heavy (non-hydrogen) atoms. The van der Waals surface area contributed by atoms with E-state index in [1.165, 1.54) is 5.56 Å². The fraction of sp³-hybridized carbons (Fsp3) is 0.571. The van der Waals surface area contributed by atoms with Gasteiger partial charge in [0.2, 0.25) is 0 Å². The first-order valence-corrected chi connectivity index (χ1v) is 6.41. The van der Waals surface area contributed by atoms with Gasteiger partial charge in [0.15, 0.2) is 0 Å². The molecular weight excluding hydrogens is 230 g/mol. The Hall–Kier alpha value is -1.10. The first-order valence-electron chi connectivity index (χ1n) is 6.41. The van der Waals surface area contributed by atoms with Crippen LogP contribution in [0.5, 0.6) is 5.75 Å². The van der Waals surface area contributed by atoms with Crippen LogP contribution in [0.3, 0.4) is 0 Å². The van der Waals surface area contributed by atoms with E-state index in [1.807, 2.05) is 18.2 Å². The summed E-state index contributed by atoms with van der Waals surface area (Å²) < 4.78 is 16.4. The fourth-order valence-corrected chi connectivity index (χ4v) is 1.96. The molecule has 1 N–H and O–H groups in total. The lowest BCUT2D eigenvalue weighted by molar-refractivity contribution is -0.0307. The van der Waals surface area contributed by atoms with Crippen LogP contribution in [0.1, 0.15) is 5.56 Å². The topological polar surface area (TPSA) is 39.7 Å². The first kappa shape index (κ1) is 13.3. The van der Waals surface area contributed by atoms with Crippen LogP contribution < -0.4 is 10.1 Å². The van der Waals surface area contributed by atoms with Gasteiger partial charge in [0, 0.05) is 13.1 Å². The van der Waals surface area contributed by atoms with Crippen molar-refractivity contribution in [1.82, 2.24) is 5.32 Å². The van der Waals surface area contributed by atoms with Crippen LogP contribution in [-0.2, 0) is 15.9 Å². The Kier molecular flexibility index (Phi) is 5.45. The van der Waals surface area contributed by atoms with Crippen molar-refractivity contribution >= 4 is 0 Å². The van der Waals surface area contributed by atoms with Gasteiger partial charge in [-0.3, -0.25) is 0 Å². The average Bonchev–Trinajstić information content (AvgIpc) is 2.45. The number of nitrogens with one attached hydrogen (secondary N) is 1. The molecule has 1 unspecified atom stereocenters. The summed E-state index contributed by atoms with van der Waals surface area (Å²) in [6.45, 7) is 3.99. The minimum absolute atomic E-state index is 0.198. The fourth-order valence-electron chi connectivity index (χ4n) is 1.96. The normalized spacial score (nSPS) is 19.7. The molecule has 1 aromatic rings. The highest BCUT2D eigenvalue weighted by Gasteiger charge is 2.12. The Balaban J connectivity index is 1.65. The van der Waals surface area contributed by atoms with Crippen LogP contribution in [0.25, 0.3) is 0 Å². The molecule has 1 fully saturated rings. The zero-order valence-corrected chi connectivity index (χ0v) is 10.9. The number of ether oxygens (including phenoxy) is 3. The number of hydrogen-bond donors (Lipinski definition) is 1. The van der Waals surface area contributed by atoms with Crippen molar-refractivity contribution in [3.63, 3.8) is 0 Å². The minimum atomic E-state index is 0.198. The quantitative estimate of drug-likeness (QED) is 0.772. The molecule has 1 aliphatic rings. The molecule has 0 aromatic heterocycles. The second kappa shape index (κ2) is 7.36. The number of rotatable bonds is 6. The monoisotopic (exact) mass is 251 g/mol. The molecule has 1 atom stereocenters. The smallest absolute Gasteiger partial charge is 0.119 e. The average molecular weight is 251 g/mol. The number of hydrogen-bond acceptors (Lipinski definition) is 4. The summed E-state index contributed by atoms with van der Waals surface area (Å²) in [5.41, 5.74) is 1.23. The van der Waals surface area contributed by atoms with Gasteiger partial charge in [-0.1, -0.05) is 12.1 Å². The van der Waals surface area contributed by atoms with Gasteiger partial charge in [-0.05, 0) is 24.1 Å². The Labute approximate surface area is 108 Å². The summed E-state index contributed by atoms with van der Waals surface area (Å²) in [6, 6.07) is 8.08. The van der Waals surface area contributed by atoms with E-state index in [-0.39, 0.29) is 6.10 Å². The Morgan fingerprint density at radius 2 is 2.39 bits per heavy atom. The number of morpholine rings is 1.